The van der Waals surface area contributed by atoms with Crippen LogP contribution < -0.4 is 0 Å². The molecule has 47 heavy (non-hydrogen) atoms. The first-order valence-electron chi connectivity index (χ1n) is 15.9. The van der Waals surface area contributed by atoms with Crippen LogP contribution in [0.25, 0.3) is 0 Å². The summed E-state index contributed by atoms with van der Waals surface area (Å²) >= 11 is 0. The lowest BCUT2D eigenvalue weighted by Gasteiger charge is -2.39. The number of carbonyl (C=O) groups excluding carboxylic acids is 2. The number of non-ortho nitro benzene ring substituents is 1. The Labute approximate surface area is 275 Å². The monoisotopic (exact) mass is 638 g/mol. The molecule has 0 aromatic heterocycles. The van der Waals surface area contributed by atoms with Crippen molar-refractivity contribution in [3.63, 3.8) is 0 Å². The average molecular weight is 639 g/mol. The van der Waals surface area contributed by atoms with E-state index in [0.717, 1.165) is 26.2 Å². The predicted octanol–water partition coefficient (Wildman–Crippen LogP) is 5.78. The predicted molar refractivity (Wildman–Crippen MR) is 180 cm³/mol. The molecule has 0 N–H and O–H groups in total. The molecule has 10 nitrogen and oxygen atoms in total. The van der Waals surface area contributed by atoms with Crippen molar-refractivity contribution in [1.29, 1.82) is 0 Å². The lowest BCUT2D eigenvalue weighted by atomic mass is 9.75. The van der Waals surface area contributed by atoms with Crippen LogP contribution in [0.2, 0.25) is 0 Å². The molecule has 0 spiro atoms. The molecule has 10 heteroatoms. The molecule has 2 aliphatic heterocycles. The molecule has 2 heterocycles. The van der Waals surface area contributed by atoms with E-state index in [9.17, 15) is 19.7 Å². The Bertz CT molecular complexity index is 1630. The zero-order valence-electron chi connectivity index (χ0n) is 27.6. The maximum absolute atomic E-state index is 13.7. The van der Waals surface area contributed by atoms with Gasteiger partial charge in [-0.05, 0) is 44.4 Å². The van der Waals surface area contributed by atoms with Gasteiger partial charge in [-0.25, -0.2) is 4.79 Å². The number of benzene rings is 3. The Kier molecular flexibility index (Phi) is 10.6. The van der Waals surface area contributed by atoms with Gasteiger partial charge in [0, 0.05) is 62.2 Å². The summed E-state index contributed by atoms with van der Waals surface area (Å²) in [6, 6.07) is 23.6. The van der Waals surface area contributed by atoms with E-state index < -0.39 is 28.7 Å². The van der Waals surface area contributed by atoms with Gasteiger partial charge in [-0.3, -0.25) is 29.7 Å². The van der Waals surface area contributed by atoms with Crippen LogP contribution in [0.15, 0.2) is 89.1 Å². The van der Waals surface area contributed by atoms with Crippen molar-refractivity contribution >= 4 is 23.3 Å². The van der Waals surface area contributed by atoms with Gasteiger partial charge in [0.05, 0.1) is 23.6 Å². The van der Waals surface area contributed by atoms with Crippen molar-refractivity contribution in [2.24, 2.45) is 10.9 Å². The third-order valence-electron chi connectivity index (χ3n) is 9.14. The van der Waals surface area contributed by atoms with Gasteiger partial charge < -0.3 is 9.47 Å². The van der Waals surface area contributed by atoms with Crippen LogP contribution in [0, 0.1) is 29.9 Å². The van der Waals surface area contributed by atoms with E-state index in [1.165, 1.54) is 41.5 Å². The van der Waals surface area contributed by atoms with Crippen LogP contribution in [0.5, 0.6) is 0 Å². The minimum Gasteiger partial charge on any atom is -0.468 e. The van der Waals surface area contributed by atoms with Crippen LogP contribution in [0.1, 0.15) is 53.6 Å². The van der Waals surface area contributed by atoms with Gasteiger partial charge in [-0.1, -0.05) is 71.8 Å². The molecule has 1 fully saturated rings. The zero-order chi connectivity index (χ0) is 33.7. The average Bonchev–Trinajstić information content (AvgIpc) is 3.06. The van der Waals surface area contributed by atoms with Crippen LogP contribution >= 0.6 is 0 Å². The number of aryl methyl sites for hydroxylation is 2. The van der Waals surface area contributed by atoms with Crippen molar-refractivity contribution in [2.75, 3.05) is 46.4 Å². The number of hydrogen-bond donors (Lipinski definition) is 0. The van der Waals surface area contributed by atoms with Crippen LogP contribution in [-0.2, 0) is 19.1 Å². The van der Waals surface area contributed by atoms with E-state index in [1.54, 1.807) is 26.0 Å². The summed E-state index contributed by atoms with van der Waals surface area (Å²) in [5, 5.41) is 11.5. The summed E-state index contributed by atoms with van der Waals surface area (Å²) in [7, 11) is 1.27. The topological polar surface area (TPSA) is 115 Å². The number of nitro groups is 1. The van der Waals surface area contributed by atoms with E-state index in [4.69, 9.17) is 9.47 Å². The van der Waals surface area contributed by atoms with E-state index in [-0.39, 0.29) is 23.9 Å². The second kappa shape index (κ2) is 14.8. The minimum absolute atomic E-state index is 0.136. The van der Waals surface area contributed by atoms with E-state index >= 15 is 0 Å². The molecule has 0 saturated carbocycles. The summed E-state index contributed by atoms with van der Waals surface area (Å²) in [6.45, 7) is 11.6. The third kappa shape index (κ3) is 7.66. The number of nitro benzene ring substituents is 1. The molecule has 2 unspecified atom stereocenters. The number of aliphatic imine (C=N–C) groups is 1. The van der Waals surface area contributed by atoms with Crippen LogP contribution in [0.3, 0.4) is 0 Å². The van der Waals surface area contributed by atoms with Gasteiger partial charge in [0.1, 0.15) is 12.5 Å². The van der Waals surface area contributed by atoms with E-state index in [2.05, 4.69) is 77.2 Å². The smallest absolute Gasteiger partial charge is 0.336 e. The van der Waals surface area contributed by atoms with Gasteiger partial charge in [0.25, 0.3) is 5.69 Å². The van der Waals surface area contributed by atoms with Crippen molar-refractivity contribution in [1.82, 2.24) is 9.80 Å². The zero-order valence-corrected chi connectivity index (χ0v) is 27.6. The molecule has 2 atom stereocenters. The fourth-order valence-corrected chi connectivity index (χ4v) is 6.63. The highest BCUT2D eigenvalue weighted by molar-refractivity contribution is 6.07. The minimum atomic E-state index is -0.920. The van der Waals surface area contributed by atoms with Crippen LogP contribution in [-0.4, -0.2) is 78.8 Å². The maximum atomic E-state index is 13.7. The Morgan fingerprint density at radius 2 is 1.51 bits per heavy atom. The van der Waals surface area contributed by atoms with E-state index in [1.807, 2.05) is 0 Å². The molecule has 1 saturated heterocycles. The number of carbonyl (C=O) groups is 2. The van der Waals surface area contributed by atoms with Gasteiger partial charge in [0.2, 0.25) is 0 Å². The Morgan fingerprint density at radius 1 is 0.915 bits per heavy atom. The summed E-state index contributed by atoms with van der Waals surface area (Å²) in [5.74, 6) is -2.93. The number of ether oxygens (including phenoxy) is 2. The van der Waals surface area contributed by atoms with Crippen molar-refractivity contribution in [2.45, 2.75) is 39.7 Å². The fourth-order valence-electron chi connectivity index (χ4n) is 6.63. The quantitative estimate of drug-likeness (QED) is 0.156. The van der Waals surface area contributed by atoms with Crippen LogP contribution in [0.4, 0.5) is 5.69 Å². The molecule has 0 radical (unpaired) electrons. The first-order valence-corrected chi connectivity index (χ1v) is 15.9. The summed E-state index contributed by atoms with van der Waals surface area (Å²) < 4.78 is 10.9. The molecular formula is C37H42N4O6. The van der Waals surface area contributed by atoms with Crippen molar-refractivity contribution < 1.29 is 24.0 Å². The summed E-state index contributed by atoms with van der Waals surface area (Å²) in [5.41, 5.74) is 6.38. The molecule has 2 aliphatic rings. The van der Waals surface area contributed by atoms with Gasteiger partial charge in [0.15, 0.2) is 0 Å². The normalized spacial score (nSPS) is 19.0. The largest absolute Gasteiger partial charge is 0.468 e. The molecule has 0 bridgehead atoms. The SMILES string of the molecule is COC(=O)C1C(C)=NC(C)=C(C(=O)OCCN2CCN(C(c3ccc(C)cc3)c3ccc(C)cc3)CC2)C1c1cccc([N+](=O)[O-])c1. The van der Waals surface area contributed by atoms with Gasteiger partial charge in [-0.2, -0.15) is 0 Å². The lowest BCUT2D eigenvalue weighted by Crippen LogP contribution is -2.48. The number of hydrogen-bond acceptors (Lipinski definition) is 9. The second-order valence-corrected chi connectivity index (χ2v) is 12.3. The number of methoxy groups -OCH3 is 1. The molecule has 3 aromatic carbocycles. The highest BCUT2D eigenvalue weighted by Crippen LogP contribution is 2.41. The number of nitrogens with zero attached hydrogens (tertiary/aromatic N) is 4. The molecule has 246 valence electrons. The van der Waals surface area contributed by atoms with Crippen molar-refractivity contribution in [3.8, 4) is 0 Å². The second-order valence-electron chi connectivity index (χ2n) is 12.3. The van der Waals surface area contributed by atoms with Gasteiger partial charge >= 0.3 is 11.9 Å². The standard InChI is InChI=1S/C37H42N4O6/c1-24-9-13-28(14-10-24)35(29-15-11-25(2)12-16-29)40-19-17-39(18-20-40)21-22-47-37(43)33-27(4)38-26(3)32(36(42)46-5)34(33)30-7-6-8-31(23-30)41(44)45/h6-16,23,32,34-35H,17-22H2,1-5H3. The molecule has 0 amide bonds. The number of allylic oxidation sites excluding steroid dienone is 1. The molecule has 3 aromatic rings. The first-order chi connectivity index (χ1) is 22.6. The molecular weight excluding hydrogens is 596 g/mol. The highest BCUT2D eigenvalue weighted by atomic mass is 16.6. The Morgan fingerprint density at radius 3 is 2.06 bits per heavy atom. The first kappa shape index (κ1) is 33.7. The number of piperazine rings is 1. The van der Waals surface area contributed by atoms with Crippen molar-refractivity contribution in [3.05, 3.63) is 122 Å². The molecule has 0 aliphatic carbocycles. The van der Waals surface area contributed by atoms with E-state index in [0.29, 0.717) is 23.5 Å². The molecule has 5 rings (SSSR count). The summed E-state index contributed by atoms with van der Waals surface area (Å²) in [6.07, 6.45) is 0. The summed E-state index contributed by atoms with van der Waals surface area (Å²) in [4.78, 5) is 46.9. The number of rotatable bonds is 10. The Hall–Kier alpha value is -4.67. The number of esters is 2. The Balaban J connectivity index is 1.26. The van der Waals surface area contributed by atoms with Gasteiger partial charge in [-0.15, -0.1) is 0 Å². The maximum Gasteiger partial charge on any atom is 0.336 e. The third-order valence-corrected chi connectivity index (χ3v) is 9.14. The fraction of sp³-hybridized carbons (Fsp3) is 0.378. The lowest BCUT2D eigenvalue weighted by molar-refractivity contribution is -0.384. The highest BCUT2D eigenvalue weighted by Gasteiger charge is 2.42.